The van der Waals surface area contributed by atoms with Crippen LogP contribution in [0.3, 0.4) is 0 Å². The first-order chi connectivity index (χ1) is 25.6. The maximum atomic E-state index is 10.5. The van der Waals surface area contributed by atoms with E-state index in [0.29, 0.717) is 22.3 Å². The van der Waals surface area contributed by atoms with E-state index in [1.54, 1.807) is 0 Å². The fraction of sp³-hybridized carbons (Fsp3) is 0.0417. The highest BCUT2D eigenvalue weighted by atomic mass is 14.4. The van der Waals surface area contributed by atoms with Gasteiger partial charge in [0, 0.05) is 11.8 Å². The van der Waals surface area contributed by atoms with Crippen LogP contribution in [0.2, 0.25) is 0 Å². The first-order valence-electron chi connectivity index (χ1n) is 17.0. The van der Waals surface area contributed by atoms with Gasteiger partial charge in [0.25, 0.3) is 0 Å². The lowest BCUT2D eigenvalue weighted by molar-refractivity contribution is 0.754. The predicted octanol–water partition coefficient (Wildman–Crippen LogP) is 10.8. The van der Waals surface area contributed by atoms with Crippen LogP contribution < -0.4 is 0 Å². The molecule has 7 aromatic carbocycles. The van der Waals surface area contributed by atoms with Crippen LogP contribution >= 0.6 is 0 Å². The van der Waals surface area contributed by atoms with Crippen molar-refractivity contribution in [3.05, 3.63) is 201 Å². The Labute approximate surface area is 302 Å². The van der Waals surface area contributed by atoms with Gasteiger partial charge in [0.15, 0.2) is 0 Å². The zero-order valence-electron chi connectivity index (χ0n) is 27.8. The highest BCUT2D eigenvalue weighted by Crippen LogP contribution is 2.57. The van der Waals surface area contributed by atoms with E-state index in [0.717, 1.165) is 55.6 Å². The number of nitriles is 4. The van der Waals surface area contributed by atoms with Gasteiger partial charge in [0.05, 0.1) is 46.5 Å². The fourth-order valence-corrected chi connectivity index (χ4v) is 8.13. The van der Waals surface area contributed by atoms with E-state index in [-0.39, 0.29) is 11.8 Å². The SMILES string of the molecule is N#Cc1ccc(-c2ccc(-c3cc4c(cc3C#N)C3c5ccccc5C4c4cc(C#N)c(-c5ccc(-c6ccc(C#N)cc6)cc5)cc43)cc2)cc1. The van der Waals surface area contributed by atoms with Gasteiger partial charge in [-0.3, -0.25) is 0 Å². The van der Waals surface area contributed by atoms with E-state index < -0.39 is 0 Å². The van der Waals surface area contributed by atoms with Crippen LogP contribution in [0.15, 0.2) is 146 Å². The molecule has 3 aliphatic rings. The molecule has 2 bridgehead atoms. The number of hydrogen-bond acceptors (Lipinski definition) is 4. The van der Waals surface area contributed by atoms with E-state index in [2.05, 4.69) is 121 Å². The normalized spacial score (nSPS) is 14.5. The third-order valence-corrected chi connectivity index (χ3v) is 10.6. The molecule has 2 atom stereocenters. The molecule has 3 aliphatic carbocycles. The van der Waals surface area contributed by atoms with Crippen molar-refractivity contribution in [1.29, 1.82) is 21.0 Å². The lowest BCUT2D eigenvalue weighted by Gasteiger charge is -2.43. The average molecular weight is 659 g/mol. The summed E-state index contributed by atoms with van der Waals surface area (Å²) in [4.78, 5) is 0. The molecule has 10 rings (SSSR count). The third kappa shape index (κ3) is 4.80. The van der Waals surface area contributed by atoms with Crippen molar-refractivity contribution in [2.45, 2.75) is 11.8 Å². The highest BCUT2D eigenvalue weighted by Gasteiger charge is 2.42. The molecular formula is C48H26N4. The van der Waals surface area contributed by atoms with E-state index in [1.807, 2.05) is 48.5 Å². The minimum atomic E-state index is -0.0736. The standard InChI is InChI=1S/C48H26N4/c49-25-29-5-9-31(10-6-29)33-13-17-35(18-14-33)41-23-45-44(22-38(41)28-52)48-40-4-2-1-3-39(40)47(45)43-21-37(27-51)42(24-46(43)48)36-19-15-34(16-20-36)32-11-7-30(26-50)8-12-32/h1-24,47-48H. The first kappa shape index (κ1) is 30.6. The Balaban J connectivity index is 1.14. The molecule has 0 radical (unpaired) electrons. The molecule has 0 amide bonds. The van der Waals surface area contributed by atoms with Gasteiger partial charge in [-0.25, -0.2) is 0 Å². The molecular weight excluding hydrogens is 633 g/mol. The molecule has 52 heavy (non-hydrogen) atoms. The maximum Gasteiger partial charge on any atom is 0.0998 e. The van der Waals surface area contributed by atoms with Gasteiger partial charge in [-0.2, -0.15) is 21.0 Å². The molecule has 2 unspecified atom stereocenters. The monoisotopic (exact) mass is 658 g/mol. The second-order valence-electron chi connectivity index (χ2n) is 13.3. The van der Waals surface area contributed by atoms with Crippen LogP contribution in [-0.4, -0.2) is 0 Å². The summed E-state index contributed by atoms with van der Waals surface area (Å²) in [7, 11) is 0. The molecule has 0 aliphatic heterocycles. The van der Waals surface area contributed by atoms with E-state index in [1.165, 1.54) is 22.3 Å². The van der Waals surface area contributed by atoms with E-state index in [9.17, 15) is 21.0 Å². The Morgan fingerprint density at radius 3 is 0.942 bits per heavy atom. The summed E-state index contributed by atoms with van der Waals surface area (Å²) in [6, 6.07) is 58.0. The molecule has 0 fully saturated rings. The maximum absolute atomic E-state index is 10.5. The zero-order valence-corrected chi connectivity index (χ0v) is 27.8. The van der Waals surface area contributed by atoms with Gasteiger partial charge in [0.2, 0.25) is 0 Å². The van der Waals surface area contributed by atoms with Crippen molar-refractivity contribution in [1.82, 2.24) is 0 Å². The molecule has 0 spiro atoms. The van der Waals surface area contributed by atoms with Crippen LogP contribution in [-0.2, 0) is 0 Å². The second-order valence-corrected chi connectivity index (χ2v) is 13.3. The number of benzene rings is 7. The fourth-order valence-electron chi connectivity index (χ4n) is 8.13. The summed E-state index contributed by atoms with van der Waals surface area (Å²) >= 11 is 0. The number of hydrogen-bond donors (Lipinski definition) is 0. The number of rotatable bonds is 4. The smallest absolute Gasteiger partial charge is 0.0998 e. The molecule has 0 saturated carbocycles. The molecule has 7 aromatic rings. The van der Waals surface area contributed by atoms with Gasteiger partial charge in [-0.05, 0) is 126 Å². The van der Waals surface area contributed by atoms with Gasteiger partial charge in [-0.15, -0.1) is 0 Å². The molecule has 0 N–H and O–H groups in total. The summed E-state index contributed by atoms with van der Waals surface area (Å²) in [5, 5.41) is 39.3. The first-order valence-corrected chi connectivity index (χ1v) is 17.0. The summed E-state index contributed by atoms with van der Waals surface area (Å²) < 4.78 is 0. The highest BCUT2D eigenvalue weighted by molar-refractivity contribution is 5.82. The van der Waals surface area contributed by atoms with Crippen LogP contribution in [0, 0.1) is 45.3 Å². The summed E-state index contributed by atoms with van der Waals surface area (Å²) in [6.07, 6.45) is 0. The molecule has 4 heteroatoms. The van der Waals surface area contributed by atoms with Gasteiger partial charge < -0.3 is 0 Å². The zero-order chi connectivity index (χ0) is 35.3. The Kier molecular flexibility index (Phi) is 7.12. The molecule has 238 valence electrons. The largest absolute Gasteiger partial charge is 0.192 e. The molecule has 0 heterocycles. The van der Waals surface area contributed by atoms with Crippen LogP contribution in [0.5, 0.6) is 0 Å². The van der Waals surface area contributed by atoms with Crippen molar-refractivity contribution in [3.63, 3.8) is 0 Å². The van der Waals surface area contributed by atoms with Crippen LogP contribution in [0.1, 0.15) is 67.5 Å². The van der Waals surface area contributed by atoms with Crippen molar-refractivity contribution < 1.29 is 0 Å². The van der Waals surface area contributed by atoms with E-state index in [4.69, 9.17) is 0 Å². The van der Waals surface area contributed by atoms with Crippen LogP contribution in [0.25, 0.3) is 44.5 Å². The van der Waals surface area contributed by atoms with Gasteiger partial charge in [-0.1, -0.05) is 97.1 Å². The van der Waals surface area contributed by atoms with Crippen LogP contribution in [0.4, 0.5) is 0 Å². The van der Waals surface area contributed by atoms with Crippen molar-refractivity contribution in [2.75, 3.05) is 0 Å². The van der Waals surface area contributed by atoms with E-state index >= 15 is 0 Å². The second kappa shape index (κ2) is 12.1. The topological polar surface area (TPSA) is 95.2 Å². The van der Waals surface area contributed by atoms with Crippen molar-refractivity contribution in [2.24, 2.45) is 0 Å². The summed E-state index contributed by atoms with van der Waals surface area (Å²) in [5.41, 5.74) is 17.4. The predicted molar refractivity (Wildman–Crippen MR) is 202 cm³/mol. The summed E-state index contributed by atoms with van der Waals surface area (Å²) in [6.45, 7) is 0. The molecule has 4 nitrogen and oxygen atoms in total. The summed E-state index contributed by atoms with van der Waals surface area (Å²) in [5.74, 6) is -0.147. The lowest BCUT2D eigenvalue weighted by Crippen LogP contribution is -2.28. The van der Waals surface area contributed by atoms with Crippen molar-refractivity contribution in [3.8, 4) is 68.8 Å². The Hall–Kier alpha value is -7.50. The lowest BCUT2D eigenvalue weighted by atomic mass is 9.60. The Bertz CT molecular complexity index is 2550. The van der Waals surface area contributed by atoms with Gasteiger partial charge >= 0.3 is 0 Å². The number of nitrogens with zero attached hydrogens (tertiary/aromatic N) is 4. The minimum absolute atomic E-state index is 0.0736. The third-order valence-electron chi connectivity index (χ3n) is 10.6. The Morgan fingerprint density at radius 1 is 0.308 bits per heavy atom. The average Bonchev–Trinajstić information content (AvgIpc) is 3.22. The molecule has 0 aromatic heterocycles. The quantitative estimate of drug-likeness (QED) is 0.188. The minimum Gasteiger partial charge on any atom is -0.192 e. The molecule has 0 saturated heterocycles. The van der Waals surface area contributed by atoms with Gasteiger partial charge in [0.1, 0.15) is 0 Å². The Morgan fingerprint density at radius 2 is 0.615 bits per heavy atom. The van der Waals surface area contributed by atoms with Crippen molar-refractivity contribution >= 4 is 0 Å².